The molecule has 1 aromatic rings. The zero-order valence-corrected chi connectivity index (χ0v) is 12.9. The minimum absolute atomic E-state index is 0.297. The lowest BCUT2D eigenvalue weighted by molar-refractivity contribution is 0.00578. The molecule has 0 aromatic carbocycles. The molecule has 0 bridgehead atoms. The first-order chi connectivity index (χ1) is 8.77. The smallest absolute Gasteiger partial charge is 0.399 e. The van der Waals surface area contributed by atoms with Crippen molar-refractivity contribution in [2.75, 3.05) is 0 Å². The molecule has 4 nitrogen and oxygen atoms in total. The Balaban J connectivity index is 2.13. The summed E-state index contributed by atoms with van der Waals surface area (Å²) in [4.78, 5) is 0. The van der Waals surface area contributed by atoms with E-state index in [2.05, 4.69) is 46.6 Å². The van der Waals surface area contributed by atoms with Crippen LogP contribution < -0.4 is 5.46 Å². The first-order valence-corrected chi connectivity index (χ1v) is 7.16. The quantitative estimate of drug-likeness (QED) is 0.784. The van der Waals surface area contributed by atoms with Gasteiger partial charge >= 0.3 is 7.12 Å². The average Bonchev–Trinajstić information content (AvgIpc) is 2.83. The van der Waals surface area contributed by atoms with Crippen LogP contribution in [0.5, 0.6) is 0 Å². The molecule has 1 aliphatic heterocycles. The minimum Gasteiger partial charge on any atom is -0.399 e. The van der Waals surface area contributed by atoms with Crippen LogP contribution in [0.15, 0.2) is 12.4 Å². The molecule has 0 unspecified atom stereocenters. The third-order valence-corrected chi connectivity index (χ3v) is 4.30. The van der Waals surface area contributed by atoms with Gasteiger partial charge in [0, 0.05) is 23.9 Å². The van der Waals surface area contributed by atoms with Crippen LogP contribution in [0.1, 0.15) is 60.4 Å². The fourth-order valence-electron chi connectivity index (χ4n) is 2.24. The van der Waals surface area contributed by atoms with Crippen molar-refractivity contribution in [3.63, 3.8) is 0 Å². The van der Waals surface area contributed by atoms with Gasteiger partial charge in [-0.15, -0.1) is 0 Å². The van der Waals surface area contributed by atoms with Crippen molar-refractivity contribution in [1.29, 1.82) is 0 Å². The Kier molecular flexibility index (Phi) is 3.80. The largest absolute Gasteiger partial charge is 0.498 e. The summed E-state index contributed by atoms with van der Waals surface area (Å²) < 4.78 is 14.1. The van der Waals surface area contributed by atoms with E-state index in [-0.39, 0.29) is 18.3 Å². The van der Waals surface area contributed by atoms with E-state index in [1.165, 1.54) is 0 Å². The lowest BCUT2D eigenvalue weighted by atomic mass is 9.82. The summed E-state index contributed by atoms with van der Waals surface area (Å²) in [5.74, 6) is 0. The first kappa shape index (κ1) is 14.6. The molecular formula is C14H25BN2O2. The Morgan fingerprint density at radius 1 is 1.26 bits per heavy atom. The van der Waals surface area contributed by atoms with E-state index in [4.69, 9.17) is 9.31 Å². The van der Waals surface area contributed by atoms with Gasteiger partial charge in [0.25, 0.3) is 0 Å². The molecule has 19 heavy (non-hydrogen) atoms. The third-order valence-electron chi connectivity index (χ3n) is 4.30. The van der Waals surface area contributed by atoms with E-state index in [0.29, 0.717) is 6.04 Å². The maximum absolute atomic E-state index is 6.03. The highest BCUT2D eigenvalue weighted by Gasteiger charge is 2.52. The normalized spacial score (nSPS) is 22.7. The molecule has 2 rings (SSSR count). The second kappa shape index (κ2) is 4.95. The summed E-state index contributed by atoms with van der Waals surface area (Å²) in [5.41, 5.74) is 0.408. The van der Waals surface area contributed by atoms with Crippen molar-refractivity contribution in [2.45, 2.75) is 71.6 Å². The Morgan fingerprint density at radius 3 is 2.37 bits per heavy atom. The molecule has 1 atom stereocenters. The zero-order chi connectivity index (χ0) is 14.3. The third kappa shape index (κ3) is 2.72. The van der Waals surface area contributed by atoms with Crippen LogP contribution in [0.25, 0.3) is 0 Å². The predicted molar refractivity (Wildman–Crippen MR) is 77.6 cm³/mol. The molecule has 0 amide bonds. The van der Waals surface area contributed by atoms with Gasteiger partial charge < -0.3 is 9.31 Å². The van der Waals surface area contributed by atoms with Crippen molar-refractivity contribution in [2.24, 2.45) is 0 Å². The van der Waals surface area contributed by atoms with Crippen LogP contribution in [-0.4, -0.2) is 28.1 Å². The van der Waals surface area contributed by atoms with Crippen molar-refractivity contribution in [1.82, 2.24) is 9.78 Å². The molecule has 0 spiro atoms. The summed E-state index contributed by atoms with van der Waals surface area (Å²) in [7, 11) is -0.312. The molecule has 1 saturated heterocycles. The van der Waals surface area contributed by atoms with E-state index in [9.17, 15) is 0 Å². The summed E-state index contributed by atoms with van der Waals surface area (Å²) in [6.45, 7) is 12.6. The Bertz CT molecular complexity index is 426. The molecule has 0 aliphatic carbocycles. The zero-order valence-electron chi connectivity index (χ0n) is 12.9. The maximum atomic E-state index is 6.03. The van der Waals surface area contributed by atoms with Gasteiger partial charge in [0.05, 0.1) is 11.2 Å². The summed E-state index contributed by atoms with van der Waals surface area (Å²) >= 11 is 0. The highest BCUT2D eigenvalue weighted by molar-refractivity contribution is 6.61. The van der Waals surface area contributed by atoms with Crippen molar-refractivity contribution in [3.05, 3.63) is 12.4 Å². The Hall–Kier alpha value is -0.805. The van der Waals surface area contributed by atoms with Crippen LogP contribution in [0.2, 0.25) is 0 Å². The van der Waals surface area contributed by atoms with Gasteiger partial charge in [-0.25, -0.2) is 0 Å². The van der Waals surface area contributed by atoms with Crippen molar-refractivity contribution in [3.8, 4) is 0 Å². The molecule has 0 radical (unpaired) electrons. The summed E-state index contributed by atoms with van der Waals surface area (Å²) in [5, 5.41) is 4.43. The van der Waals surface area contributed by atoms with Gasteiger partial charge in [0.1, 0.15) is 0 Å². The lowest BCUT2D eigenvalue weighted by Gasteiger charge is -2.32. The van der Waals surface area contributed by atoms with Crippen LogP contribution in [0.4, 0.5) is 0 Å². The number of nitrogens with zero attached hydrogens (tertiary/aromatic N) is 2. The van der Waals surface area contributed by atoms with Crippen molar-refractivity contribution < 1.29 is 9.31 Å². The van der Waals surface area contributed by atoms with Gasteiger partial charge in [-0.1, -0.05) is 13.3 Å². The summed E-state index contributed by atoms with van der Waals surface area (Å²) in [6, 6.07) is 0.418. The second-order valence-corrected chi connectivity index (χ2v) is 6.48. The molecule has 2 heterocycles. The maximum Gasteiger partial charge on any atom is 0.498 e. The fourth-order valence-corrected chi connectivity index (χ4v) is 2.24. The molecule has 5 heteroatoms. The predicted octanol–water partition coefficient (Wildman–Crippen LogP) is 2.54. The Morgan fingerprint density at radius 2 is 1.84 bits per heavy atom. The molecule has 1 aromatic heterocycles. The number of rotatable bonds is 4. The molecular weight excluding hydrogens is 239 g/mol. The molecule has 0 saturated carbocycles. The molecule has 0 N–H and O–H groups in total. The fraction of sp³-hybridized carbons (Fsp3) is 0.786. The highest BCUT2D eigenvalue weighted by Crippen LogP contribution is 2.36. The lowest BCUT2D eigenvalue weighted by Crippen LogP contribution is -2.41. The minimum atomic E-state index is -0.312. The van der Waals surface area contributed by atoms with Gasteiger partial charge in [0.2, 0.25) is 0 Å². The van der Waals surface area contributed by atoms with Crippen LogP contribution in [0, 0.1) is 0 Å². The highest BCUT2D eigenvalue weighted by atomic mass is 16.7. The molecule has 106 valence electrons. The van der Waals surface area contributed by atoms with E-state index in [0.717, 1.165) is 18.3 Å². The van der Waals surface area contributed by atoms with E-state index in [1.54, 1.807) is 0 Å². The van der Waals surface area contributed by atoms with Gasteiger partial charge in [-0.3, -0.25) is 4.68 Å². The summed E-state index contributed by atoms with van der Waals surface area (Å²) in [6.07, 6.45) is 6.19. The van der Waals surface area contributed by atoms with Crippen LogP contribution in [0.3, 0.4) is 0 Å². The van der Waals surface area contributed by atoms with Crippen LogP contribution >= 0.6 is 0 Å². The van der Waals surface area contributed by atoms with Gasteiger partial charge in [0.15, 0.2) is 0 Å². The number of hydrogen-bond acceptors (Lipinski definition) is 3. The number of hydrogen-bond donors (Lipinski definition) is 0. The molecule has 1 aliphatic rings. The monoisotopic (exact) mass is 264 g/mol. The van der Waals surface area contributed by atoms with E-state index >= 15 is 0 Å². The van der Waals surface area contributed by atoms with Gasteiger partial charge in [-0.2, -0.15) is 5.10 Å². The van der Waals surface area contributed by atoms with E-state index < -0.39 is 0 Å². The average molecular weight is 264 g/mol. The second-order valence-electron chi connectivity index (χ2n) is 6.48. The SMILES string of the molecule is CCC[C@H](C)n1cc(B2OC(C)(C)C(C)(C)O2)cn1. The Labute approximate surface area is 116 Å². The standard InChI is InChI=1S/C14H25BN2O2/c1-7-8-11(2)17-10-12(9-16-17)15-18-13(3,4)14(5,6)19-15/h9-11H,7-8H2,1-6H3/t11-/m0/s1. The van der Waals surface area contributed by atoms with E-state index in [1.807, 2.05) is 17.1 Å². The number of aromatic nitrogens is 2. The molecule has 1 fully saturated rings. The first-order valence-electron chi connectivity index (χ1n) is 7.16. The van der Waals surface area contributed by atoms with Gasteiger partial charge in [-0.05, 0) is 41.0 Å². The van der Waals surface area contributed by atoms with Crippen LogP contribution in [-0.2, 0) is 9.31 Å². The topological polar surface area (TPSA) is 36.3 Å². The van der Waals surface area contributed by atoms with Crippen molar-refractivity contribution >= 4 is 12.6 Å².